The SMILES string of the molecule is CC1(n2nnnc2-c2cc(N)cc(Cl)c2)CCOCC1. The van der Waals surface area contributed by atoms with Crippen LogP contribution >= 0.6 is 11.6 Å². The van der Waals surface area contributed by atoms with Gasteiger partial charge in [0.1, 0.15) is 0 Å². The summed E-state index contributed by atoms with van der Waals surface area (Å²) in [6.07, 6.45) is 1.75. The Morgan fingerprint density at radius 3 is 2.75 bits per heavy atom. The van der Waals surface area contributed by atoms with Crippen LogP contribution in [0.4, 0.5) is 5.69 Å². The van der Waals surface area contributed by atoms with Gasteiger partial charge in [-0.15, -0.1) is 5.10 Å². The molecule has 20 heavy (non-hydrogen) atoms. The first-order valence-corrected chi connectivity index (χ1v) is 6.89. The van der Waals surface area contributed by atoms with Gasteiger partial charge in [-0.3, -0.25) is 0 Å². The van der Waals surface area contributed by atoms with Crippen molar-refractivity contribution >= 4 is 17.3 Å². The zero-order chi connectivity index (χ0) is 14.2. The number of aromatic nitrogens is 4. The van der Waals surface area contributed by atoms with Crippen LogP contribution in [0.3, 0.4) is 0 Å². The summed E-state index contributed by atoms with van der Waals surface area (Å²) < 4.78 is 7.29. The number of hydrogen-bond acceptors (Lipinski definition) is 5. The molecule has 0 bridgehead atoms. The highest BCUT2D eigenvalue weighted by Crippen LogP contribution is 2.32. The van der Waals surface area contributed by atoms with Crippen molar-refractivity contribution in [1.29, 1.82) is 0 Å². The van der Waals surface area contributed by atoms with E-state index in [0.717, 1.165) is 18.4 Å². The van der Waals surface area contributed by atoms with E-state index in [2.05, 4.69) is 22.4 Å². The van der Waals surface area contributed by atoms with Crippen LogP contribution in [0.15, 0.2) is 18.2 Å². The van der Waals surface area contributed by atoms with E-state index in [1.807, 2.05) is 16.8 Å². The van der Waals surface area contributed by atoms with Crippen molar-refractivity contribution in [3.63, 3.8) is 0 Å². The number of nitrogens with zero attached hydrogens (tertiary/aromatic N) is 4. The van der Waals surface area contributed by atoms with Crippen molar-refractivity contribution in [2.45, 2.75) is 25.3 Å². The molecule has 1 saturated heterocycles. The van der Waals surface area contributed by atoms with Crippen molar-refractivity contribution in [1.82, 2.24) is 20.2 Å². The summed E-state index contributed by atoms with van der Waals surface area (Å²) in [6, 6.07) is 5.36. The maximum Gasteiger partial charge on any atom is 0.182 e. The molecule has 2 aromatic rings. The molecule has 6 nitrogen and oxygen atoms in total. The van der Waals surface area contributed by atoms with E-state index in [1.165, 1.54) is 0 Å². The van der Waals surface area contributed by atoms with Crippen LogP contribution in [-0.4, -0.2) is 33.4 Å². The molecule has 1 fully saturated rings. The summed E-state index contributed by atoms with van der Waals surface area (Å²) in [6.45, 7) is 3.57. The number of ether oxygens (including phenoxy) is 1. The van der Waals surface area contributed by atoms with Gasteiger partial charge in [-0.1, -0.05) is 11.6 Å². The first-order valence-electron chi connectivity index (χ1n) is 6.51. The van der Waals surface area contributed by atoms with E-state index in [4.69, 9.17) is 22.1 Å². The van der Waals surface area contributed by atoms with Gasteiger partial charge in [-0.2, -0.15) is 0 Å². The number of rotatable bonds is 2. The molecule has 0 unspecified atom stereocenters. The minimum Gasteiger partial charge on any atom is -0.399 e. The van der Waals surface area contributed by atoms with Crippen molar-refractivity contribution in [2.24, 2.45) is 0 Å². The average Bonchev–Trinajstić information content (AvgIpc) is 2.88. The second-order valence-corrected chi connectivity index (χ2v) is 5.73. The van der Waals surface area contributed by atoms with Gasteiger partial charge < -0.3 is 10.5 Å². The lowest BCUT2D eigenvalue weighted by atomic mass is 9.92. The summed E-state index contributed by atoms with van der Waals surface area (Å²) in [7, 11) is 0. The van der Waals surface area contributed by atoms with E-state index in [0.29, 0.717) is 29.7 Å². The van der Waals surface area contributed by atoms with Crippen molar-refractivity contribution < 1.29 is 4.74 Å². The van der Waals surface area contributed by atoms with Crippen LogP contribution in [0, 0.1) is 0 Å². The Hall–Kier alpha value is -1.66. The Labute approximate surface area is 121 Å². The molecule has 0 radical (unpaired) electrons. The number of tetrazole rings is 1. The second-order valence-electron chi connectivity index (χ2n) is 5.30. The Balaban J connectivity index is 2.05. The largest absolute Gasteiger partial charge is 0.399 e. The number of halogens is 1. The lowest BCUT2D eigenvalue weighted by Gasteiger charge is -2.33. The van der Waals surface area contributed by atoms with Gasteiger partial charge in [0.05, 0.1) is 5.54 Å². The molecule has 0 atom stereocenters. The zero-order valence-corrected chi connectivity index (χ0v) is 12.0. The minimum absolute atomic E-state index is 0.145. The van der Waals surface area contributed by atoms with Gasteiger partial charge in [-0.25, -0.2) is 4.68 Å². The molecule has 0 amide bonds. The number of nitrogens with two attached hydrogens (primary N) is 1. The van der Waals surface area contributed by atoms with Crippen LogP contribution in [0.1, 0.15) is 19.8 Å². The zero-order valence-electron chi connectivity index (χ0n) is 11.2. The number of hydrogen-bond donors (Lipinski definition) is 1. The number of benzene rings is 1. The lowest BCUT2D eigenvalue weighted by molar-refractivity contribution is 0.0240. The molecule has 1 aliphatic rings. The third kappa shape index (κ3) is 2.36. The Morgan fingerprint density at radius 2 is 2.05 bits per heavy atom. The molecule has 0 aliphatic carbocycles. The van der Waals surface area contributed by atoms with Gasteiger partial charge in [0.25, 0.3) is 0 Å². The monoisotopic (exact) mass is 293 g/mol. The molecule has 2 N–H and O–H groups in total. The van der Waals surface area contributed by atoms with Crippen molar-refractivity contribution in [3.8, 4) is 11.4 Å². The quantitative estimate of drug-likeness (QED) is 0.858. The summed E-state index contributed by atoms with van der Waals surface area (Å²) >= 11 is 6.06. The average molecular weight is 294 g/mol. The van der Waals surface area contributed by atoms with Crippen LogP contribution in [0.2, 0.25) is 5.02 Å². The van der Waals surface area contributed by atoms with E-state index in [1.54, 1.807) is 6.07 Å². The first kappa shape index (κ1) is 13.3. The van der Waals surface area contributed by atoms with Gasteiger partial charge >= 0.3 is 0 Å². The molecule has 3 rings (SSSR count). The molecule has 106 valence electrons. The fourth-order valence-corrected chi connectivity index (χ4v) is 2.74. The maximum absolute atomic E-state index is 6.06. The van der Waals surface area contributed by atoms with Gasteiger partial charge in [-0.05, 0) is 48.4 Å². The highest BCUT2D eigenvalue weighted by molar-refractivity contribution is 6.31. The van der Waals surface area contributed by atoms with Crippen molar-refractivity contribution in [3.05, 3.63) is 23.2 Å². The van der Waals surface area contributed by atoms with Gasteiger partial charge in [0.15, 0.2) is 5.82 Å². The highest BCUT2D eigenvalue weighted by Gasteiger charge is 2.33. The first-order chi connectivity index (χ1) is 9.58. The smallest absolute Gasteiger partial charge is 0.182 e. The molecule has 1 aromatic heterocycles. The second kappa shape index (κ2) is 5.03. The summed E-state index contributed by atoms with van der Waals surface area (Å²) in [4.78, 5) is 0. The Bertz CT molecular complexity index is 601. The molecule has 7 heteroatoms. The Morgan fingerprint density at radius 1 is 1.30 bits per heavy atom. The van der Waals surface area contributed by atoms with E-state index < -0.39 is 0 Å². The molecular weight excluding hydrogens is 278 g/mol. The normalized spacial score (nSPS) is 18.1. The molecular formula is C13H16ClN5O. The highest BCUT2D eigenvalue weighted by atomic mass is 35.5. The topological polar surface area (TPSA) is 78.9 Å². The minimum atomic E-state index is -0.145. The van der Waals surface area contributed by atoms with Gasteiger partial charge in [0.2, 0.25) is 0 Å². The predicted molar refractivity (Wildman–Crippen MR) is 76.4 cm³/mol. The number of anilines is 1. The van der Waals surface area contributed by atoms with Crippen LogP contribution < -0.4 is 5.73 Å². The van der Waals surface area contributed by atoms with Crippen LogP contribution in [0.5, 0.6) is 0 Å². The maximum atomic E-state index is 6.06. The van der Waals surface area contributed by atoms with E-state index >= 15 is 0 Å². The number of nitrogen functional groups attached to an aromatic ring is 1. The summed E-state index contributed by atoms with van der Waals surface area (Å²) in [5.41, 5.74) is 7.12. The van der Waals surface area contributed by atoms with E-state index in [-0.39, 0.29) is 5.54 Å². The van der Waals surface area contributed by atoms with E-state index in [9.17, 15) is 0 Å². The Kier molecular flexibility index (Phi) is 3.35. The molecule has 2 heterocycles. The molecule has 1 aromatic carbocycles. The standard InChI is InChI=1S/C13H16ClN5O/c1-13(2-4-20-5-3-13)19-12(16-17-18-19)9-6-10(14)8-11(15)7-9/h6-8H,2-5,15H2,1H3. The molecule has 0 spiro atoms. The fourth-order valence-electron chi connectivity index (χ4n) is 2.50. The van der Waals surface area contributed by atoms with Crippen molar-refractivity contribution in [2.75, 3.05) is 18.9 Å². The molecule has 1 aliphatic heterocycles. The van der Waals surface area contributed by atoms with Crippen LogP contribution in [0.25, 0.3) is 11.4 Å². The third-order valence-electron chi connectivity index (χ3n) is 3.73. The predicted octanol–water partition coefficient (Wildman–Crippen LogP) is 2.10. The fraction of sp³-hybridized carbons (Fsp3) is 0.462. The summed E-state index contributed by atoms with van der Waals surface area (Å²) in [5, 5.41) is 12.7. The van der Waals surface area contributed by atoms with Crippen LogP contribution in [-0.2, 0) is 10.3 Å². The van der Waals surface area contributed by atoms with Gasteiger partial charge in [0, 0.05) is 29.5 Å². The molecule has 0 saturated carbocycles. The third-order valence-corrected chi connectivity index (χ3v) is 3.95. The lowest BCUT2D eigenvalue weighted by Crippen LogP contribution is -2.38. The summed E-state index contributed by atoms with van der Waals surface area (Å²) in [5.74, 6) is 0.684.